The molecule has 9 nitrogen and oxygen atoms in total. The van der Waals surface area contributed by atoms with Crippen LogP contribution in [0, 0.1) is 0 Å². The third-order valence-corrected chi connectivity index (χ3v) is 4.43. The maximum absolute atomic E-state index is 12.8. The van der Waals surface area contributed by atoms with E-state index in [1.54, 1.807) is 11.8 Å². The van der Waals surface area contributed by atoms with Gasteiger partial charge in [-0.05, 0) is 26.3 Å². The molecule has 1 fully saturated rings. The Hall–Kier alpha value is -2.97. The summed E-state index contributed by atoms with van der Waals surface area (Å²) < 4.78 is 0. The second kappa shape index (κ2) is 10.4. The number of hydrogen-bond donors (Lipinski definition) is 5. The molecule has 0 aliphatic carbocycles. The number of nitrogens with one attached hydrogen (secondary N) is 5. The van der Waals surface area contributed by atoms with Gasteiger partial charge in [0.05, 0.1) is 0 Å². The van der Waals surface area contributed by atoms with Gasteiger partial charge in [-0.1, -0.05) is 30.3 Å². The molecule has 9 heteroatoms. The van der Waals surface area contributed by atoms with Gasteiger partial charge in [-0.25, -0.2) is 14.4 Å². The van der Waals surface area contributed by atoms with Gasteiger partial charge in [0, 0.05) is 44.3 Å². The molecule has 1 saturated heterocycles. The maximum Gasteiger partial charge on any atom is 0.318 e. The molecule has 2 rings (SSSR count). The minimum absolute atomic E-state index is 0.227. The molecule has 1 heterocycles. The summed E-state index contributed by atoms with van der Waals surface area (Å²) in [7, 11) is 0. The lowest BCUT2D eigenvalue weighted by Crippen LogP contribution is -2.52. The van der Waals surface area contributed by atoms with Crippen LogP contribution in [0.1, 0.15) is 26.3 Å². The number of rotatable bonds is 2. The lowest BCUT2D eigenvalue weighted by molar-refractivity contribution is 0.172. The Morgan fingerprint density at radius 2 is 1.36 bits per heavy atom. The van der Waals surface area contributed by atoms with Crippen molar-refractivity contribution in [2.45, 2.75) is 45.4 Å². The Balaban J connectivity index is 2.13. The van der Waals surface area contributed by atoms with Crippen LogP contribution in [0.5, 0.6) is 0 Å². The predicted octanol–water partition coefficient (Wildman–Crippen LogP) is 0.976. The van der Waals surface area contributed by atoms with Crippen LogP contribution < -0.4 is 26.6 Å². The van der Waals surface area contributed by atoms with Gasteiger partial charge in [0.2, 0.25) is 0 Å². The van der Waals surface area contributed by atoms with Gasteiger partial charge in [0.15, 0.2) is 0 Å². The molecule has 154 valence electrons. The molecule has 0 aromatic heterocycles. The maximum atomic E-state index is 12.8. The van der Waals surface area contributed by atoms with Crippen LogP contribution in [-0.2, 0) is 6.54 Å². The molecule has 0 spiro atoms. The van der Waals surface area contributed by atoms with Gasteiger partial charge in [-0.2, -0.15) is 0 Å². The van der Waals surface area contributed by atoms with Gasteiger partial charge in [0.1, 0.15) is 0 Å². The lowest BCUT2D eigenvalue weighted by Gasteiger charge is -2.30. The number of carbonyl (C=O) groups is 3. The van der Waals surface area contributed by atoms with Gasteiger partial charge in [-0.3, -0.25) is 0 Å². The van der Waals surface area contributed by atoms with Crippen molar-refractivity contribution in [3.05, 3.63) is 35.9 Å². The van der Waals surface area contributed by atoms with E-state index in [0.29, 0.717) is 26.2 Å². The molecule has 0 bridgehead atoms. The van der Waals surface area contributed by atoms with Crippen molar-refractivity contribution in [3.8, 4) is 0 Å². The Bertz CT molecular complexity index is 669. The number of benzene rings is 1. The van der Waals surface area contributed by atoms with E-state index < -0.39 is 0 Å². The quantitative estimate of drug-likeness (QED) is 0.518. The highest BCUT2D eigenvalue weighted by molar-refractivity contribution is 5.77. The molecule has 1 aromatic carbocycles. The van der Waals surface area contributed by atoms with Gasteiger partial charge in [0.25, 0.3) is 0 Å². The smallest absolute Gasteiger partial charge is 0.318 e. The van der Waals surface area contributed by atoms with Crippen LogP contribution in [0.3, 0.4) is 0 Å². The molecule has 1 aromatic rings. The van der Waals surface area contributed by atoms with Crippen molar-refractivity contribution in [1.82, 2.24) is 31.5 Å². The second-order valence-corrected chi connectivity index (χ2v) is 7.16. The first-order chi connectivity index (χ1) is 13.3. The predicted molar refractivity (Wildman–Crippen MR) is 107 cm³/mol. The van der Waals surface area contributed by atoms with Crippen molar-refractivity contribution in [2.24, 2.45) is 0 Å². The Morgan fingerprint density at radius 1 is 0.821 bits per heavy atom. The SMILES string of the molecule is CC1CNC(=O)N[C@H](C)CNC(=O)N(Cc2ccccc2)[C@@H](C)CNC(=O)N1. The number of hydrogen-bond acceptors (Lipinski definition) is 3. The monoisotopic (exact) mass is 390 g/mol. The standard InChI is InChI=1S/C19H30N6O3/c1-13-9-20-17(26)24-14(2)10-22-19(28)25(12-16-7-5-4-6-8-16)15(3)11-21-18(27)23-13/h4-8,13-15H,9-12H2,1-3H3,(H,22,28)(H2,20,24,26)(H2,21,23,27)/t13?,14-,15+/m1/s1. The summed E-state index contributed by atoms with van der Waals surface area (Å²) in [6.07, 6.45) is 0. The number of carbonyl (C=O) groups excluding carboxylic acids is 3. The highest BCUT2D eigenvalue weighted by Crippen LogP contribution is 2.09. The molecule has 5 N–H and O–H groups in total. The lowest BCUT2D eigenvalue weighted by atomic mass is 10.2. The first kappa shape index (κ1) is 21.3. The first-order valence-corrected chi connectivity index (χ1v) is 9.52. The van der Waals surface area contributed by atoms with Crippen molar-refractivity contribution in [2.75, 3.05) is 19.6 Å². The fourth-order valence-electron chi connectivity index (χ4n) is 2.80. The molecular formula is C19H30N6O3. The topological polar surface area (TPSA) is 115 Å². The molecule has 6 amide bonds. The van der Waals surface area contributed by atoms with Crippen LogP contribution in [0.15, 0.2) is 30.3 Å². The zero-order valence-corrected chi connectivity index (χ0v) is 16.6. The van der Waals surface area contributed by atoms with Crippen LogP contribution in [0.2, 0.25) is 0 Å². The summed E-state index contributed by atoms with van der Waals surface area (Å²) in [5.41, 5.74) is 0.992. The van der Waals surface area contributed by atoms with Crippen molar-refractivity contribution < 1.29 is 14.4 Å². The normalized spacial score (nSPS) is 25.2. The molecule has 0 saturated carbocycles. The molecule has 3 atom stereocenters. The van der Waals surface area contributed by atoms with Crippen molar-refractivity contribution in [1.29, 1.82) is 0 Å². The highest BCUT2D eigenvalue weighted by Gasteiger charge is 2.22. The molecule has 1 unspecified atom stereocenters. The third kappa shape index (κ3) is 6.98. The summed E-state index contributed by atoms with van der Waals surface area (Å²) in [5, 5.41) is 13.9. The molecular weight excluding hydrogens is 360 g/mol. The summed E-state index contributed by atoms with van der Waals surface area (Å²) in [4.78, 5) is 38.5. The van der Waals surface area contributed by atoms with Gasteiger partial charge >= 0.3 is 18.1 Å². The zero-order chi connectivity index (χ0) is 20.5. The average Bonchev–Trinajstić information content (AvgIpc) is 2.67. The van der Waals surface area contributed by atoms with E-state index in [4.69, 9.17) is 0 Å². The third-order valence-electron chi connectivity index (χ3n) is 4.43. The Kier molecular flexibility index (Phi) is 7.91. The van der Waals surface area contributed by atoms with E-state index in [2.05, 4.69) is 26.6 Å². The number of urea groups is 3. The molecule has 1 aliphatic heterocycles. The minimum atomic E-state index is -0.347. The van der Waals surface area contributed by atoms with E-state index >= 15 is 0 Å². The highest BCUT2D eigenvalue weighted by atomic mass is 16.2. The van der Waals surface area contributed by atoms with E-state index in [-0.39, 0.29) is 36.2 Å². The zero-order valence-electron chi connectivity index (χ0n) is 16.6. The largest absolute Gasteiger partial charge is 0.336 e. The first-order valence-electron chi connectivity index (χ1n) is 9.52. The molecule has 1 aliphatic rings. The molecule has 28 heavy (non-hydrogen) atoms. The van der Waals surface area contributed by atoms with E-state index in [0.717, 1.165) is 5.56 Å². The molecule has 0 radical (unpaired) electrons. The number of amides is 6. The van der Waals surface area contributed by atoms with Crippen LogP contribution in [0.4, 0.5) is 14.4 Å². The summed E-state index contributed by atoms with van der Waals surface area (Å²) in [6.45, 7) is 6.82. The minimum Gasteiger partial charge on any atom is -0.336 e. The van der Waals surface area contributed by atoms with E-state index in [1.807, 2.05) is 44.2 Å². The fraction of sp³-hybridized carbons (Fsp3) is 0.526. The number of nitrogens with zero attached hydrogens (tertiary/aromatic N) is 1. The van der Waals surface area contributed by atoms with Gasteiger partial charge in [-0.15, -0.1) is 0 Å². The summed E-state index contributed by atoms with van der Waals surface area (Å²) in [6, 6.07) is 8.01. The Labute approximate surface area is 165 Å². The van der Waals surface area contributed by atoms with Crippen LogP contribution in [-0.4, -0.2) is 60.8 Å². The average molecular weight is 390 g/mol. The fourth-order valence-corrected chi connectivity index (χ4v) is 2.80. The Morgan fingerprint density at radius 3 is 1.96 bits per heavy atom. The second-order valence-electron chi connectivity index (χ2n) is 7.16. The van der Waals surface area contributed by atoms with E-state index in [9.17, 15) is 14.4 Å². The summed E-state index contributed by atoms with van der Waals surface area (Å²) in [5.74, 6) is 0. The van der Waals surface area contributed by atoms with Gasteiger partial charge < -0.3 is 31.5 Å². The van der Waals surface area contributed by atoms with Crippen molar-refractivity contribution in [3.63, 3.8) is 0 Å². The van der Waals surface area contributed by atoms with E-state index in [1.165, 1.54) is 0 Å². The van der Waals surface area contributed by atoms with Crippen molar-refractivity contribution >= 4 is 18.1 Å². The van der Waals surface area contributed by atoms with Crippen LogP contribution >= 0.6 is 0 Å². The summed E-state index contributed by atoms with van der Waals surface area (Å²) >= 11 is 0. The van der Waals surface area contributed by atoms with Crippen LogP contribution in [0.25, 0.3) is 0 Å².